The van der Waals surface area contributed by atoms with E-state index in [1.54, 1.807) is 0 Å². The van der Waals surface area contributed by atoms with Crippen LogP contribution in [0, 0.1) is 0 Å². The summed E-state index contributed by atoms with van der Waals surface area (Å²) in [6.45, 7) is 6.17. The fourth-order valence-corrected chi connectivity index (χ4v) is 7.13. The van der Waals surface area contributed by atoms with E-state index in [0.717, 1.165) is 154 Å². The lowest BCUT2D eigenvalue weighted by molar-refractivity contribution is -0.166. The molecule has 0 aromatic rings. The van der Waals surface area contributed by atoms with Crippen LogP contribution in [0.1, 0.15) is 213 Å². The number of carbonyl (C=O) groups is 3. The Morgan fingerprint density at radius 2 is 0.507 bits per heavy atom. The van der Waals surface area contributed by atoms with Gasteiger partial charge < -0.3 is 14.2 Å². The Kier molecular flexibility index (Phi) is 56.6. The highest BCUT2D eigenvalue weighted by molar-refractivity contribution is 5.71. The quantitative estimate of drug-likeness (QED) is 0.0261. The summed E-state index contributed by atoms with van der Waals surface area (Å²) in [5.41, 5.74) is 0. The fourth-order valence-electron chi connectivity index (χ4n) is 7.13. The highest BCUT2D eigenvalue weighted by Gasteiger charge is 2.19. The second kappa shape index (κ2) is 61.1. The zero-order valence-electron chi connectivity index (χ0n) is 47.5. The van der Waals surface area contributed by atoms with Crippen LogP contribution >= 0.6 is 0 Å². The number of esters is 3. The molecule has 0 bridgehead atoms. The minimum absolute atomic E-state index is 0.134. The summed E-state index contributed by atoms with van der Waals surface area (Å²) in [5, 5.41) is 0. The van der Waals surface area contributed by atoms with Gasteiger partial charge in [-0.25, -0.2) is 0 Å². The molecule has 75 heavy (non-hydrogen) atoms. The second-order valence-corrected chi connectivity index (χ2v) is 18.4. The third-order valence-corrected chi connectivity index (χ3v) is 11.4. The van der Waals surface area contributed by atoms with Gasteiger partial charge in [-0.2, -0.15) is 0 Å². The molecule has 6 nitrogen and oxygen atoms in total. The molecular weight excluding hydrogens is 925 g/mol. The van der Waals surface area contributed by atoms with Crippen LogP contribution in [-0.4, -0.2) is 37.2 Å². The number of hydrogen-bond donors (Lipinski definition) is 0. The molecule has 0 spiro atoms. The molecule has 6 heteroatoms. The number of hydrogen-bond acceptors (Lipinski definition) is 6. The number of carbonyl (C=O) groups excluding carboxylic acids is 3. The topological polar surface area (TPSA) is 78.9 Å². The minimum atomic E-state index is -0.840. The first-order valence-electron chi connectivity index (χ1n) is 29.3. The summed E-state index contributed by atoms with van der Waals surface area (Å²) in [4.78, 5) is 38.2. The highest BCUT2D eigenvalue weighted by atomic mass is 16.6. The normalized spacial score (nSPS) is 13.5. The van der Waals surface area contributed by atoms with Crippen molar-refractivity contribution < 1.29 is 28.6 Å². The number of rotatable bonds is 50. The van der Waals surface area contributed by atoms with E-state index in [2.05, 4.69) is 191 Å². The fraction of sp³-hybridized carbons (Fsp3) is 0.522. The molecule has 0 aliphatic rings. The Morgan fingerprint density at radius 1 is 0.267 bits per heavy atom. The van der Waals surface area contributed by atoms with Crippen LogP contribution in [0.3, 0.4) is 0 Å². The zero-order valence-corrected chi connectivity index (χ0v) is 47.5. The monoisotopic (exact) mass is 1030 g/mol. The molecule has 0 rings (SSSR count). The van der Waals surface area contributed by atoms with E-state index in [-0.39, 0.29) is 44.0 Å². The Morgan fingerprint density at radius 3 is 0.840 bits per heavy atom. The van der Waals surface area contributed by atoms with Gasteiger partial charge in [0.15, 0.2) is 6.10 Å². The molecule has 0 aliphatic carbocycles. The average Bonchev–Trinajstić information content (AvgIpc) is 3.41. The molecule has 1 atom stereocenters. The van der Waals surface area contributed by atoms with Gasteiger partial charge in [-0.15, -0.1) is 0 Å². The van der Waals surface area contributed by atoms with E-state index < -0.39 is 6.10 Å². The van der Waals surface area contributed by atoms with Crippen LogP contribution < -0.4 is 0 Å². The maximum atomic E-state index is 12.9. The predicted octanol–water partition coefficient (Wildman–Crippen LogP) is 20.1. The first-order chi connectivity index (χ1) is 37.0. The highest BCUT2D eigenvalue weighted by Crippen LogP contribution is 2.12. The lowest BCUT2D eigenvalue weighted by Gasteiger charge is -2.18. The van der Waals surface area contributed by atoms with Crippen LogP contribution in [-0.2, 0) is 28.6 Å². The van der Waals surface area contributed by atoms with Gasteiger partial charge in [-0.1, -0.05) is 235 Å². The van der Waals surface area contributed by atoms with Crippen molar-refractivity contribution in [3.8, 4) is 0 Å². The maximum absolute atomic E-state index is 12.9. The molecule has 1 unspecified atom stereocenters. The third kappa shape index (κ3) is 59.3. The Bertz CT molecular complexity index is 1800. The van der Waals surface area contributed by atoms with Crippen LogP contribution in [0.25, 0.3) is 0 Å². The molecule has 0 fully saturated rings. The van der Waals surface area contributed by atoms with Crippen molar-refractivity contribution in [2.24, 2.45) is 0 Å². The first kappa shape index (κ1) is 69.5. The van der Waals surface area contributed by atoms with Crippen LogP contribution in [0.4, 0.5) is 0 Å². The summed E-state index contributed by atoms with van der Waals surface area (Å²) >= 11 is 0. The lowest BCUT2D eigenvalue weighted by Crippen LogP contribution is -2.30. The predicted molar refractivity (Wildman–Crippen MR) is 324 cm³/mol. The summed E-state index contributed by atoms with van der Waals surface area (Å²) < 4.78 is 16.8. The van der Waals surface area contributed by atoms with Gasteiger partial charge in [0, 0.05) is 19.3 Å². The smallest absolute Gasteiger partial charge is 0.306 e. The molecule has 0 aromatic heterocycles. The molecule has 0 radical (unpaired) electrons. The van der Waals surface area contributed by atoms with E-state index in [9.17, 15) is 14.4 Å². The van der Waals surface area contributed by atoms with E-state index in [1.807, 2.05) is 12.2 Å². The standard InChI is InChI=1S/C69H104O6/c1-4-7-10-13-16-19-22-25-27-29-31-32-33-34-35-36-38-39-41-44-47-50-53-56-59-62-68(71)74-65-66(64-73-67(70)61-58-55-52-49-46-43-24-21-18-15-12-9-6-3)75-69(72)63-60-57-54-51-48-45-42-40-37-30-28-26-23-20-17-14-11-8-5-2/h7-12,16-21,25-28,31-32,34-35,37-40,43-44,46-47,52,55,66H,4-6,13-15,22-24,29-30,33,36,41-42,45,48-51,53-54,56-65H2,1-3H3/b10-7-,11-8-,12-9-,19-16-,20-17-,21-18-,27-25-,28-26-,32-31-,35-34-,39-38-,40-37-,46-43-,47-44-,55-52-. The lowest BCUT2D eigenvalue weighted by atomic mass is 10.1. The van der Waals surface area contributed by atoms with Gasteiger partial charge in [-0.3, -0.25) is 14.4 Å². The van der Waals surface area contributed by atoms with Crippen molar-refractivity contribution in [3.63, 3.8) is 0 Å². The second-order valence-electron chi connectivity index (χ2n) is 18.4. The Balaban J connectivity index is 4.54. The number of unbranched alkanes of at least 4 members (excludes halogenated alkanes) is 9. The molecule has 0 saturated heterocycles. The largest absolute Gasteiger partial charge is 0.462 e. The summed E-state index contributed by atoms with van der Waals surface area (Å²) in [7, 11) is 0. The number of allylic oxidation sites excluding steroid dienone is 30. The third-order valence-electron chi connectivity index (χ3n) is 11.4. The van der Waals surface area contributed by atoms with E-state index in [4.69, 9.17) is 14.2 Å². The van der Waals surface area contributed by atoms with Crippen LogP contribution in [0.2, 0.25) is 0 Å². The molecule has 0 aromatic carbocycles. The zero-order chi connectivity index (χ0) is 54.3. The van der Waals surface area contributed by atoms with Gasteiger partial charge in [0.1, 0.15) is 13.2 Å². The minimum Gasteiger partial charge on any atom is -0.462 e. The van der Waals surface area contributed by atoms with Crippen molar-refractivity contribution in [1.29, 1.82) is 0 Å². The van der Waals surface area contributed by atoms with Gasteiger partial charge in [0.25, 0.3) is 0 Å². The van der Waals surface area contributed by atoms with E-state index >= 15 is 0 Å². The summed E-state index contributed by atoms with van der Waals surface area (Å²) in [5.74, 6) is -1.07. The van der Waals surface area contributed by atoms with Crippen LogP contribution in [0.15, 0.2) is 182 Å². The van der Waals surface area contributed by atoms with Crippen molar-refractivity contribution in [1.82, 2.24) is 0 Å². The maximum Gasteiger partial charge on any atom is 0.306 e. The van der Waals surface area contributed by atoms with Gasteiger partial charge in [-0.05, 0) is 141 Å². The first-order valence-corrected chi connectivity index (χ1v) is 29.3. The molecule has 0 aliphatic heterocycles. The molecule has 0 N–H and O–H groups in total. The Hall–Kier alpha value is -5.49. The van der Waals surface area contributed by atoms with Crippen molar-refractivity contribution in [2.75, 3.05) is 13.2 Å². The van der Waals surface area contributed by atoms with Gasteiger partial charge in [0.05, 0.1) is 0 Å². The molecule has 0 amide bonds. The van der Waals surface area contributed by atoms with Gasteiger partial charge >= 0.3 is 17.9 Å². The summed E-state index contributed by atoms with van der Waals surface area (Å²) in [6.07, 6.45) is 91.8. The molecular formula is C69H104O6. The van der Waals surface area contributed by atoms with Crippen LogP contribution in [0.5, 0.6) is 0 Å². The van der Waals surface area contributed by atoms with Crippen molar-refractivity contribution in [2.45, 2.75) is 219 Å². The van der Waals surface area contributed by atoms with Gasteiger partial charge in [0.2, 0.25) is 0 Å². The SMILES string of the molecule is CC/C=C\C/C=C\C/C=C\C/C=C\C/C=C\C/C=C\C/C=C\CCCCCC(=O)OCC(COC(=O)CC/C=C\C/C=C\C/C=C\C/C=C\CC)OC(=O)CCCCCCCC/C=C\C/C=C\C/C=C\C/C=C\CC. The summed E-state index contributed by atoms with van der Waals surface area (Å²) in [6, 6.07) is 0. The van der Waals surface area contributed by atoms with Crippen molar-refractivity contribution >= 4 is 17.9 Å². The molecule has 416 valence electrons. The molecule has 0 saturated carbocycles. The Labute approximate surface area is 459 Å². The van der Waals surface area contributed by atoms with E-state index in [1.165, 1.54) is 12.8 Å². The average molecular weight is 1030 g/mol. The van der Waals surface area contributed by atoms with Crippen molar-refractivity contribution in [3.05, 3.63) is 182 Å². The van der Waals surface area contributed by atoms with E-state index in [0.29, 0.717) is 12.8 Å². The molecule has 0 heterocycles. The number of ether oxygens (including phenoxy) is 3.